The zero-order valence-corrected chi connectivity index (χ0v) is 13.4. The minimum absolute atomic E-state index is 0.106. The van der Waals surface area contributed by atoms with E-state index < -0.39 is 0 Å². The molecule has 5 nitrogen and oxygen atoms in total. The molecule has 1 unspecified atom stereocenters. The van der Waals surface area contributed by atoms with Crippen LogP contribution in [0.1, 0.15) is 38.9 Å². The Bertz CT molecular complexity index is 667. The molecule has 0 saturated carbocycles. The number of hydrogen-bond donors (Lipinski definition) is 2. The first kappa shape index (κ1) is 15.3. The number of rotatable bonds is 4. The van der Waals surface area contributed by atoms with Crippen molar-refractivity contribution in [2.24, 2.45) is 0 Å². The fraction of sp³-hybridized carbons (Fsp3) is 0.333. The van der Waals surface area contributed by atoms with Crippen LogP contribution in [0.4, 0.5) is 5.69 Å². The number of carbonyl (C=O) groups excluding carboxylic acids is 1. The number of anilines is 1. The van der Waals surface area contributed by atoms with Crippen LogP contribution in [0.25, 0.3) is 0 Å². The molecule has 0 aliphatic carbocycles. The highest BCUT2D eigenvalue weighted by Gasteiger charge is 2.17. The molecule has 2 aromatic rings. The molecule has 0 radical (unpaired) electrons. The monoisotopic (exact) mass is 305 g/mol. The lowest BCUT2D eigenvalue weighted by atomic mass is 10.1. The largest absolute Gasteiger partial charge is 0.497 e. The van der Waals surface area contributed by atoms with E-state index in [2.05, 4.69) is 10.3 Å². The molecule has 1 aromatic carbocycles. The van der Waals surface area contributed by atoms with Crippen LogP contribution in [0.2, 0.25) is 0 Å². The Morgan fingerprint density at radius 1 is 1.43 bits per heavy atom. The summed E-state index contributed by atoms with van der Waals surface area (Å²) in [7, 11) is 1.56. The van der Waals surface area contributed by atoms with Crippen molar-refractivity contribution in [3.05, 3.63) is 39.3 Å². The Kier molecular flexibility index (Phi) is 4.47. The highest BCUT2D eigenvalue weighted by atomic mass is 32.1. The van der Waals surface area contributed by atoms with Gasteiger partial charge in [0.05, 0.1) is 29.4 Å². The van der Waals surface area contributed by atoms with Gasteiger partial charge in [0, 0.05) is 16.6 Å². The van der Waals surface area contributed by atoms with Crippen molar-refractivity contribution in [2.45, 2.75) is 26.8 Å². The van der Waals surface area contributed by atoms with E-state index in [1.807, 2.05) is 20.8 Å². The van der Waals surface area contributed by atoms with Gasteiger partial charge in [-0.15, -0.1) is 11.3 Å². The topological polar surface area (TPSA) is 77.2 Å². The van der Waals surface area contributed by atoms with E-state index in [0.717, 1.165) is 15.6 Å². The summed E-state index contributed by atoms with van der Waals surface area (Å²) in [6.07, 6.45) is 0. The van der Waals surface area contributed by atoms with Gasteiger partial charge >= 0.3 is 0 Å². The fourth-order valence-electron chi connectivity index (χ4n) is 2.16. The second kappa shape index (κ2) is 6.13. The van der Waals surface area contributed by atoms with E-state index in [1.165, 1.54) is 0 Å². The van der Waals surface area contributed by atoms with Gasteiger partial charge in [-0.2, -0.15) is 0 Å². The number of ether oxygens (including phenoxy) is 1. The molecule has 21 heavy (non-hydrogen) atoms. The molecule has 1 amide bonds. The second-order valence-corrected chi connectivity index (χ2v) is 6.07. The number of hydrogen-bond acceptors (Lipinski definition) is 5. The highest BCUT2D eigenvalue weighted by Crippen LogP contribution is 2.25. The number of amides is 1. The number of thiazole rings is 1. The summed E-state index contributed by atoms with van der Waals surface area (Å²) >= 11 is 1.59. The number of nitrogens with one attached hydrogen (secondary N) is 1. The molecule has 0 aliphatic heterocycles. The van der Waals surface area contributed by atoms with E-state index in [1.54, 1.807) is 36.6 Å². The summed E-state index contributed by atoms with van der Waals surface area (Å²) in [5, 5.41) is 3.95. The van der Waals surface area contributed by atoms with Crippen LogP contribution in [0.15, 0.2) is 18.2 Å². The summed E-state index contributed by atoms with van der Waals surface area (Å²) in [5.41, 5.74) is 7.69. The van der Waals surface area contributed by atoms with E-state index in [4.69, 9.17) is 10.5 Å². The third kappa shape index (κ3) is 3.33. The van der Waals surface area contributed by atoms with Crippen molar-refractivity contribution in [1.29, 1.82) is 0 Å². The molecular formula is C15H19N3O2S. The number of carbonyl (C=O) groups is 1. The minimum Gasteiger partial charge on any atom is -0.497 e. The Labute approximate surface area is 128 Å². The lowest BCUT2D eigenvalue weighted by Gasteiger charge is -2.14. The molecule has 1 aromatic heterocycles. The average Bonchev–Trinajstić information content (AvgIpc) is 2.77. The quantitative estimate of drug-likeness (QED) is 0.852. The number of nitrogens with zero attached hydrogens (tertiary/aromatic N) is 1. The smallest absolute Gasteiger partial charge is 0.253 e. The van der Waals surface area contributed by atoms with E-state index >= 15 is 0 Å². The van der Waals surface area contributed by atoms with Crippen LogP contribution in [-0.2, 0) is 0 Å². The number of nitrogen functional groups attached to an aromatic ring is 1. The molecule has 1 atom stereocenters. The predicted octanol–water partition coefficient (Wildman–Crippen LogP) is 2.84. The number of methoxy groups -OCH3 is 1. The van der Waals surface area contributed by atoms with Crippen molar-refractivity contribution in [3.8, 4) is 5.75 Å². The van der Waals surface area contributed by atoms with Gasteiger partial charge in [0.2, 0.25) is 0 Å². The number of benzene rings is 1. The minimum atomic E-state index is -0.201. The number of nitrogens with two attached hydrogens (primary N) is 1. The molecule has 0 bridgehead atoms. The van der Waals surface area contributed by atoms with Gasteiger partial charge in [0.1, 0.15) is 5.75 Å². The molecule has 1 heterocycles. The van der Waals surface area contributed by atoms with Crippen LogP contribution in [-0.4, -0.2) is 18.0 Å². The standard InChI is InChI=1S/C15H19N3O2S/c1-8-14(21-10(3)17-8)9(2)18-15(19)12-6-5-11(20-4)7-13(12)16/h5-7,9H,16H2,1-4H3,(H,18,19). The van der Waals surface area contributed by atoms with Gasteiger partial charge in [-0.25, -0.2) is 4.98 Å². The van der Waals surface area contributed by atoms with Crippen molar-refractivity contribution in [1.82, 2.24) is 10.3 Å². The van der Waals surface area contributed by atoms with Gasteiger partial charge in [-0.1, -0.05) is 0 Å². The second-order valence-electron chi connectivity index (χ2n) is 4.83. The third-order valence-electron chi connectivity index (χ3n) is 3.18. The molecule has 0 fully saturated rings. The molecule has 0 saturated heterocycles. The van der Waals surface area contributed by atoms with Crippen LogP contribution in [0.3, 0.4) is 0 Å². The molecule has 112 valence electrons. The first-order chi connectivity index (χ1) is 9.92. The zero-order valence-electron chi connectivity index (χ0n) is 12.6. The lowest BCUT2D eigenvalue weighted by Crippen LogP contribution is -2.27. The fourth-order valence-corrected chi connectivity index (χ4v) is 3.09. The van der Waals surface area contributed by atoms with Gasteiger partial charge in [0.15, 0.2) is 0 Å². The summed E-state index contributed by atoms with van der Waals surface area (Å²) < 4.78 is 5.08. The van der Waals surface area contributed by atoms with Crippen LogP contribution in [0.5, 0.6) is 5.75 Å². The SMILES string of the molecule is COc1ccc(C(=O)NC(C)c2sc(C)nc2C)c(N)c1. The van der Waals surface area contributed by atoms with Crippen molar-refractivity contribution < 1.29 is 9.53 Å². The summed E-state index contributed by atoms with van der Waals surface area (Å²) in [5.74, 6) is 0.430. The third-order valence-corrected chi connectivity index (χ3v) is 4.44. The van der Waals surface area contributed by atoms with Crippen molar-refractivity contribution >= 4 is 22.9 Å². The first-order valence-corrected chi connectivity index (χ1v) is 7.42. The summed E-state index contributed by atoms with van der Waals surface area (Å²) in [4.78, 5) is 17.8. The van der Waals surface area contributed by atoms with Gasteiger partial charge < -0.3 is 15.8 Å². The molecule has 3 N–H and O–H groups in total. The van der Waals surface area contributed by atoms with Crippen LogP contribution in [0, 0.1) is 13.8 Å². The number of aryl methyl sites for hydroxylation is 2. The van der Waals surface area contributed by atoms with Crippen molar-refractivity contribution in [3.63, 3.8) is 0 Å². The van der Waals surface area contributed by atoms with E-state index in [0.29, 0.717) is 17.0 Å². The Morgan fingerprint density at radius 2 is 2.14 bits per heavy atom. The van der Waals surface area contributed by atoms with Gasteiger partial charge in [0.25, 0.3) is 5.91 Å². The lowest BCUT2D eigenvalue weighted by molar-refractivity contribution is 0.0941. The molecular weight excluding hydrogens is 286 g/mol. The first-order valence-electron chi connectivity index (χ1n) is 6.60. The average molecular weight is 305 g/mol. The summed E-state index contributed by atoms with van der Waals surface area (Å²) in [6, 6.07) is 4.92. The van der Waals surface area contributed by atoms with E-state index in [9.17, 15) is 4.79 Å². The summed E-state index contributed by atoms with van der Waals surface area (Å²) in [6.45, 7) is 5.85. The number of aromatic nitrogens is 1. The highest BCUT2D eigenvalue weighted by molar-refractivity contribution is 7.11. The normalized spacial score (nSPS) is 12.0. The maximum Gasteiger partial charge on any atom is 0.253 e. The van der Waals surface area contributed by atoms with Crippen LogP contribution < -0.4 is 15.8 Å². The van der Waals surface area contributed by atoms with Crippen LogP contribution >= 0.6 is 11.3 Å². The zero-order chi connectivity index (χ0) is 15.6. The maximum atomic E-state index is 12.3. The van der Waals surface area contributed by atoms with Gasteiger partial charge in [-0.05, 0) is 32.9 Å². The Balaban J connectivity index is 2.16. The Hall–Kier alpha value is -2.08. The molecule has 0 spiro atoms. The Morgan fingerprint density at radius 3 is 2.67 bits per heavy atom. The van der Waals surface area contributed by atoms with Crippen molar-refractivity contribution in [2.75, 3.05) is 12.8 Å². The molecule has 2 rings (SSSR count). The molecule has 6 heteroatoms. The predicted molar refractivity (Wildman–Crippen MR) is 84.9 cm³/mol. The van der Waals surface area contributed by atoms with E-state index in [-0.39, 0.29) is 11.9 Å². The van der Waals surface area contributed by atoms with Gasteiger partial charge in [-0.3, -0.25) is 4.79 Å². The maximum absolute atomic E-state index is 12.3. The molecule has 0 aliphatic rings.